The number of piperidine rings is 1. The van der Waals surface area contributed by atoms with Crippen molar-refractivity contribution >= 4 is 33.7 Å². The number of likely N-dealkylation sites (tertiary alicyclic amines) is 1. The third kappa shape index (κ3) is 4.69. The first-order valence-corrected chi connectivity index (χ1v) is 12.6. The number of nitrogens with one attached hydrogen (secondary N) is 2. The Labute approximate surface area is 217 Å². The van der Waals surface area contributed by atoms with Gasteiger partial charge in [0.15, 0.2) is 0 Å². The minimum absolute atomic E-state index is 0.0408. The molecule has 5 rings (SSSR count). The van der Waals surface area contributed by atoms with E-state index in [2.05, 4.69) is 10.3 Å². The lowest BCUT2D eigenvalue weighted by Gasteiger charge is -2.35. The summed E-state index contributed by atoms with van der Waals surface area (Å²) in [6, 6.07) is 6.44. The van der Waals surface area contributed by atoms with Gasteiger partial charge in [-0.05, 0) is 87.2 Å². The molecule has 2 bridgehead atoms. The molecule has 8 nitrogen and oxygen atoms in total. The summed E-state index contributed by atoms with van der Waals surface area (Å²) in [4.78, 5) is 42.9. The molecule has 1 aliphatic carbocycles. The molecule has 2 aliphatic rings. The van der Waals surface area contributed by atoms with Crippen LogP contribution in [0.1, 0.15) is 45.6 Å². The van der Waals surface area contributed by atoms with Gasteiger partial charge in [-0.2, -0.15) is 5.26 Å². The van der Waals surface area contributed by atoms with Crippen LogP contribution in [0.4, 0.5) is 13.6 Å². The Balaban J connectivity index is 1.39. The maximum atomic E-state index is 15.2. The van der Waals surface area contributed by atoms with Crippen molar-refractivity contribution in [3.8, 4) is 6.07 Å². The minimum atomic E-state index is -1.09. The standard InChI is InChI=1S/C28H28F2N4O4/c1-28(2,3)38-27(37)34-18-6-4-14(9-18)24(34)26(36)32-17(13-31)8-15-10-21-20(12-22(15)30)19-7-5-16(29)11-23(19)33-25(21)35/h5,7,10-12,14,17-18,24H,4,6,8-9H2,1-3H3,(H,32,36)(H,33,35)/t14-,17?,18+,24-/m0/s1. The van der Waals surface area contributed by atoms with Crippen molar-refractivity contribution < 1.29 is 23.1 Å². The number of hydrogen-bond donors (Lipinski definition) is 2. The van der Waals surface area contributed by atoms with E-state index in [9.17, 15) is 24.0 Å². The Morgan fingerprint density at radius 3 is 2.66 bits per heavy atom. The number of H-pyrrole nitrogens is 1. The average Bonchev–Trinajstić information content (AvgIpc) is 3.45. The Kier molecular flexibility index (Phi) is 6.33. The summed E-state index contributed by atoms with van der Waals surface area (Å²) in [6.07, 6.45) is 1.52. The summed E-state index contributed by atoms with van der Waals surface area (Å²) in [5.41, 5.74) is -0.919. The van der Waals surface area contributed by atoms with E-state index in [4.69, 9.17) is 4.74 Å². The summed E-state index contributed by atoms with van der Waals surface area (Å²) in [5.74, 6) is -1.71. The van der Waals surface area contributed by atoms with Crippen molar-refractivity contribution in [1.82, 2.24) is 15.2 Å². The number of ether oxygens (including phenoxy) is 1. The molecule has 1 aromatic heterocycles. The second-order valence-corrected chi connectivity index (χ2v) is 11.1. The zero-order chi connectivity index (χ0) is 27.4. The molecule has 2 N–H and O–H groups in total. The number of benzene rings is 2. The maximum Gasteiger partial charge on any atom is 0.411 e. The maximum absolute atomic E-state index is 15.2. The first-order chi connectivity index (χ1) is 17.9. The van der Waals surface area contributed by atoms with E-state index in [0.717, 1.165) is 12.8 Å². The first-order valence-electron chi connectivity index (χ1n) is 12.6. The van der Waals surface area contributed by atoms with Crippen LogP contribution in [0.15, 0.2) is 35.1 Å². The van der Waals surface area contributed by atoms with Crippen LogP contribution in [0.2, 0.25) is 0 Å². The van der Waals surface area contributed by atoms with Crippen molar-refractivity contribution in [2.24, 2.45) is 5.92 Å². The molecule has 0 radical (unpaired) electrons. The van der Waals surface area contributed by atoms with Gasteiger partial charge in [0.1, 0.15) is 29.3 Å². The van der Waals surface area contributed by atoms with Crippen molar-refractivity contribution in [2.75, 3.05) is 0 Å². The second kappa shape index (κ2) is 9.39. The molecule has 4 atom stereocenters. The van der Waals surface area contributed by atoms with Crippen LogP contribution in [-0.4, -0.2) is 45.6 Å². The number of aromatic nitrogens is 1. The fourth-order valence-corrected chi connectivity index (χ4v) is 5.74. The smallest absolute Gasteiger partial charge is 0.411 e. The molecular weight excluding hydrogens is 494 g/mol. The number of fused-ring (bicyclic) bond motifs is 5. The lowest BCUT2D eigenvalue weighted by Crippen LogP contribution is -2.55. The van der Waals surface area contributed by atoms with Crippen LogP contribution in [0.3, 0.4) is 0 Å². The molecule has 38 heavy (non-hydrogen) atoms. The SMILES string of the molecule is CC(C)(C)OC(=O)N1[C@@H]2CC[C@@H](C2)[C@H]1C(=O)NC(C#N)Cc1cc2c(=O)[nH]c3cc(F)ccc3c2cc1F. The molecule has 1 saturated carbocycles. The quantitative estimate of drug-likeness (QED) is 0.496. The Morgan fingerprint density at radius 1 is 1.18 bits per heavy atom. The second-order valence-electron chi connectivity index (χ2n) is 11.1. The fraction of sp³-hybridized carbons (Fsp3) is 0.429. The van der Waals surface area contributed by atoms with E-state index >= 15 is 4.39 Å². The predicted octanol–water partition coefficient (Wildman–Crippen LogP) is 4.30. The van der Waals surface area contributed by atoms with Crippen molar-refractivity contribution in [3.05, 3.63) is 57.9 Å². The number of carbonyl (C=O) groups is 2. The van der Waals surface area contributed by atoms with Gasteiger partial charge < -0.3 is 15.0 Å². The van der Waals surface area contributed by atoms with Gasteiger partial charge in [-0.3, -0.25) is 14.5 Å². The summed E-state index contributed by atoms with van der Waals surface area (Å²) >= 11 is 0. The number of carbonyl (C=O) groups excluding carboxylic acids is 2. The van der Waals surface area contributed by atoms with E-state index in [0.29, 0.717) is 17.2 Å². The monoisotopic (exact) mass is 522 g/mol. The number of nitrogens with zero attached hydrogens (tertiary/aromatic N) is 2. The number of rotatable bonds is 4. The van der Waals surface area contributed by atoms with Gasteiger partial charge in [0.05, 0.1) is 11.6 Å². The molecule has 1 unspecified atom stereocenters. The molecule has 2 fully saturated rings. The van der Waals surface area contributed by atoms with Crippen LogP contribution in [0, 0.1) is 28.9 Å². The number of hydrogen-bond acceptors (Lipinski definition) is 5. The number of nitriles is 1. The van der Waals surface area contributed by atoms with Crippen molar-refractivity contribution in [3.63, 3.8) is 0 Å². The van der Waals surface area contributed by atoms with Gasteiger partial charge in [-0.1, -0.05) is 0 Å². The van der Waals surface area contributed by atoms with E-state index in [1.165, 1.54) is 35.2 Å². The zero-order valence-corrected chi connectivity index (χ0v) is 21.3. The summed E-state index contributed by atoms with van der Waals surface area (Å²) in [6.45, 7) is 5.26. The highest BCUT2D eigenvalue weighted by Crippen LogP contribution is 2.43. The molecule has 2 heterocycles. The fourth-order valence-electron chi connectivity index (χ4n) is 5.74. The Bertz CT molecular complexity index is 1550. The molecule has 2 amide bonds. The van der Waals surface area contributed by atoms with Crippen LogP contribution in [0.5, 0.6) is 0 Å². The van der Waals surface area contributed by atoms with Gasteiger partial charge in [-0.25, -0.2) is 13.6 Å². The number of amides is 2. The highest BCUT2D eigenvalue weighted by Gasteiger charge is 2.52. The molecule has 0 spiro atoms. The third-order valence-electron chi connectivity index (χ3n) is 7.31. The summed E-state index contributed by atoms with van der Waals surface area (Å²) in [5, 5.41) is 13.4. The van der Waals surface area contributed by atoms with Crippen molar-refractivity contribution in [1.29, 1.82) is 5.26 Å². The molecular formula is C28H28F2N4O4. The lowest BCUT2D eigenvalue weighted by atomic mass is 9.96. The molecule has 198 valence electrons. The largest absolute Gasteiger partial charge is 0.444 e. The van der Waals surface area contributed by atoms with E-state index in [1.54, 1.807) is 20.8 Å². The van der Waals surface area contributed by atoms with Crippen LogP contribution >= 0.6 is 0 Å². The predicted molar refractivity (Wildman–Crippen MR) is 136 cm³/mol. The van der Waals surface area contributed by atoms with Crippen LogP contribution in [0.25, 0.3) is 21.7 Å². The van der Waals surface area contributed by atoms with Gasteiger partial charge in [0.25, 0.3) is 5.56 Å². The topological polar surface area (TPSA) is 115 Å². The summed E-state index contributed by atoms with van der Waals surface area (Å²) < 4.78 is 34.3. The van der Waals surface area contributed by atoms with E-state index in [1.807, 2.05) is 6.07 Å². The van der Waals surface area contributed by atoms with Crippen LogP contribution in [-0.2, 0) is 16.0 Å². The Morgan fingerprint density at radius 2 is 1.95 bits per heavy atom. The molecule has 2 aromatic carbocycles. The number of halogens is 2. The first kappa shape index (κ1) is 25.6. The molecule has 1 saturated heterocycles. The van der Waals surface area contributed by atoms with Gasteiger partial charge in [-0.15, -0.1) is 0 Å². The minimum Gasteiger partial charge on any atom is -0.444 e. The zero-order valence-electron chi connectivity index (χ0n) is 21.3. The highest BCUT2D eigenvalue weighted by molar-refractivity contribution is 6.05. The van der Waals surface area contributed by atoms with Crippen molar-refractivity contribution in [2.45, 2.75) is 70.2 Å². The summed E-state index contributed by atoms with van der Waals surface area (Å²) in [7, 11) is 0. The van der Waals surface area contributed by atoms with Gasteiger partial charge in [0, 0.05) is 23.2 Å². The Hall–Kier alpha value is -4.00. The lowest BCUT2D eigenvalue weighted by molar-refractivity contribution is -0.128. The molecule has 1 aliphatic heterocycles. The third-order valence-corrected chi connectivity index (χ3v) is 7.31. The number of aromatic amines is 1. The van der Waals surface area contributed by atoms with Gasteiger partial charge >= 0.3 is 6.09 Å². The van der Waals surface area contributed by atoms with Crippen LogP contribution < -0.4 is 10.9 Å². The van der Waals surface area contributed by atoms with E-state index < -0.39 is 46.9 Å². The average molecular weight is 523 g/mol. The van der Waals surface area contributed by atoms with Gasteiger partial charge in [0.2, 0.25) is 5.91 Å². The number of pyridine rings is 1. The normalized spacial score (nSPS) is 21.5. The van der Waals surface area contributed by atoms with E-state index in [-0.39, 0.29) is 34.8 Å². The molecule has 3 aromatic rings. The molecule has 10 heteroatoms. The highest BCUT2D eigenvalue weighted by atomic mass is 19.1.